The van der Waals surface area contributed by atoms with Gasteiger partial charge in [0.1, 0.15) is 0 Å². The van der Waals surface area contributed by atoms with Gasteiger partial charge in [-0.25, -0.2) is 4.79 Å². The van der Waals surface area contributed by atoms with E-state index >= 15 is 0 Å². The lowest BCUT2D eigenvalue weighted by atomic mass is 9.96. The third kappa shape index (κ3) is 3.74. The van der Waals surface area contributed by atoms with Crippen LogP contribution in [0.1, 0.15) is 32.4 Å². The van der Waals surface area contributed by atoms with Gasteiger partial charge in [0.25, 0.3) is 0 Å². The van der Waals surface area contributed by atoms with Crippen molar-refractivity contribution in [2.24, 2.45) is 0 Å². The van der Waals surface area contributed by atoms with Crippen molar-refractivity contribution < 1.29 is 9.53 Å². The van der Waals surface area contributed by atoms with Crippen molar-refractivity contribution in [2.45, 2.75) is 32.9 Å². The monoisotopic (exact) mass is 324 g/mol. The van der Waals surface area contributed by atoms with E-state index in [0.29, 0.717) is 21.4 Å². The quantitative estimate of drug-likeness (QED) is 0.661. The maximum Gasteiger partial charge on any atom is 0.338 e. The van der Waals surface area contributed by atoms with Crippen molar-refractivity contribution in [3.8, 4) is 0 Å². The average molecular weight is 325 g/mol. The molecule has 0 saturated carbocycles. The number of allylic oxidation sites excluding steroid dienone is 1. The minimum absolute atomic E-state index is 0.188. The second-order valence-corrected chi connectivity index (χ2v) is 5.92. The number of ether oxygens (including phenoxy) is 1. The van der Waals surface area contributed by atoms with Crippen LogP contribution in [0.2, 0.25) is 5.02 Å². The highest BCUT2D eigenvalue weighted by Gasteiger charge is 2.31. The number of benzene rings is 1. The van der Waals surface area contributed by atoms with Crippen LogP contribution in [-0.4, -0.2) is 17.2 Å². The van der Waals surface area contributed by atoms with E-state index in [4.69, 9.17) is 28.6 Å². The summed E-state index contributed by atoms with van der Waals surface area (Å²) in [5, 5.41) is 7.14. The molecule has 1 aliphatic heterocycles. The molecule has 1 aromatic rings. The standard InChI is InChI=1S/C15H17ClN2O2S/c1-8(2)20-14(19)12-9(3)17-15(21)18-13(12)10-5-4-6-11(16)7-10/h4-8,13H,1-3H3,(H2,17,18,21)/t13-/m0/s1. The molecule has 1 atom stereocenters. The zero-order valence-corrected chi connectivity index (χ0v) is 13.6. The molecule has 112 valence electrons. The Kier molecular flexibility index (Phi) is 4.85. The van der Waals surface area contributed by atoms with E-state index in [-0.39, 0.29) is 18.1 Å². The molecule has 1 aromatic carbocycles. The zero-order chi connectivity index (χ0) is 15.6. The van der Waals surface area contributed by atoms with E-state index in [2.05, 4.69) is 10.6 Å². The Morgan fingerprint density at radius 1 is 1.43 bits per heavy atom. The predicted molar refractivity (Wildman–Crippen MR) is 87.0 cm³/mol. The van der Waals surface area contributed by atoms with Crippen LogP contribution in [0.3, 0.4) is 0 Å². The first-order valence-corrected chi connectivity index (χ1v) is 7.42. The van der Waals surface area contributed by atoms with Crippen molar-refractivity contribution in [3.63, 3.8) is 0 Å². The maximum atomic E-state index is 12.4. The van der Waals surface area contributed by atoms with Crippen molar-refractivity contribution >= 4 is 34.9 Å². The van der Waals surface area contributed by atoms with Crippen LogP contribution in [0.25, 0.3) is 0 Å². The summed E-state index contributed by atoms with van der Waals surface area (Å²) in [6.45, 7) is 5.44. The molecule has 6 heteroatoms. The Morgan fingerprint density at radius 2 is 2.14 bits per heavy atom. The summed E-state index contributed by atoms with van der Waals surface area (Å²) >= 11 is 11.2. The highest BCUT2D eigenvalue weighted by atomic mass is 35.5. The van der Waals surface area contributed by atoms with Crippen LogP contribution < -0.4 is 10.6 Å². The van der Waals surface area contributed by atoms with Crippen molar-refractivity contribution in [3.05, 3.63) is 46.1 Å². The molecule has 0 aromatic heterocycles. The van der Waals surface area contributed by atoms with Gasteiger partial charge in [-0.05, 0) is 50.7 Å². The number of rotatable bonds is 3. The largest absolute Gasteiger partial charge is 0.459 e. The van der Waals surface area contributed by atoms with E-state index in [0.717, 1.165) is 5.56 Å². The summed E-state index contributed by atoms with van der Waals surface area (Å²) in [7, 11) is 0. The van der Waals surface area contributed by atoms with Crippen LogP contribution in [0.15, 0.2) is 35.5 Å². The fraction of sp³-hybridized carbons (Fsp3) is 0.333. The van der Waals surface area contributed by atoms with Gasteiger partial charge in [-0.3, -0.25) is 0 Å². The number of hydrogen-bond donors (Lipinski definition) is 2. The van der Waals surface area contributed by atoms with E-state index in [9.17, 15) is 4.79 Å². The molecular weight excluding hydrogens is 308 g/mol. The van der Waals surface area contributed by atoms with Gasteiger partial charge in [-0.15, -0.1) is 0 Å². The Morgan fingerprint density at radius 3 is 2.76 bits per heavy atom. The molecular formula is C15H17ClN2O2S. The number of halogens is 1. The summed E-state index contributed by atoms with van der Waals surface area (Å²) < 4.78 is 5.32. The number of nitrogens with one attached hydrogen (secondary N) is 2. The second-order valence-electron chi connectivity index (χ2n) is 5.08. The van der Waals surface area contributed by atoms with E-state index in [1.807, 2.05) is 39.0 Å². The topological polar surface area (TPSA) is 50.4 Å². The molecule has 0 bridgehead atoms. The zero-order valence-electron chi connectivity index (χ0n) is 12.1. The summed E-state index contributed by atoms with van der Waals surface area (Å²) in [6.07, 6.45) is -0.188. The van der Waals surface area contributed by atoms with Gasteiger partial charge in [-0.1, -0.05) is 23.7 Å². The van der Waals surface area contributed by atoms with Gasteiger partial charge in [0, 0.05) is 10.7 Å². The first kappa shape index (κ1) is 15.8. The summed E-state index contributed by atoms with van der Waals surface area (Å²) in [5.74, 6) is -0.366. The molecule has 0 saturated heterocycles. The molecule has 0 spiro atoms. The SMILES string of the molecule is CC1=C(C(=O)OC(C)C)[C@H](c2cccc(Cl)c2)NC(=S)N1. The third-order valence-electron chi connectivity index (χ3n) is 3.01. The highest BCUT2D eigenvalue weighted by molar-refractivity contribution is 7.80. The number of hydrogen-bond acceptors (Lipinski definition) is 3. The Bertz CT molecular complexity index is 613. The predicted octanol–water partition coefficient (Wildman–Crippen LogP) is 3.08. The van der Waals surface area contributed by atoms with Crippen molar-refractivity contribution in [1.82, 2.24) is 10.6 Å². The minimum Gasteiger partial charge on any atom is -0.459 e. The number of thiocarbonyl (C=S) groups is 1. The molecule has 1 heterocycles. The van der Waals surface area contributed by atoms with Crippen molar-refractivity contribution in [1.29, 1.82) is 0 Å². The van der Waals surface area contributed by atoms with Gasteiger partial charge < -0.3 is 15.4 Å². The van der Waals surface area contributed by atoms with Gasteiger partial charge in [0.05, 0.1) is 17.7 Å². The molecule has 4 nitrogen and oxygen atoms in total. The van der Waals surface area contributed by atoms with Gasteiger partial charge in [0.2, 0.25) is 0 Å². The van der Waals surface area contributed by atoms with Crippen molar-refractivity contribution in [2.75, 3.05) is 0 Å². The first-order valence-electron chi connectivity index (χ1n) is 6.63. The smallest absolute Gasteiger partial charge is 0.338 e. The van der Waals surface area contributed by atoms with Crippen LogP contribution in [-0.2, 0) is 9.53 Å². The highest BCUT2D eigenvalue weighted by Crippen LogP contribution is 2.29. The van der Waals surface area contributed by atoms with Crippen LogP contribution in [0.5, 0.6) is 0 Å². The lowest BCUT2D eigenvalue weighted by molar-refractivity contribution is -0.143. The van der Waals surface area contributed by atoms with Crippen LogP contribution >= 0.6 is 23.8 Å². The molecule has 2 rings (SSSR count). The molecule has 21 heavy (non-hydrogen) atoms. The van der Waals surface area contributed by atoms with Crippen LogP contribution in [0, 0.1) is 0 Å². The molecule has 0 amide bonds. The molecule has 0 fully saturated rings. The summed E-state index contributed by atoms with van der Waals surface area (Å²) in [5.41, 5.74) is 2.07. The molecule has 1 aliphatic rings. The maximum absolute atomic E-state index is 12.4. The van der Waals surface area contributed by atoms with Gasteiger partial charge in [-0.2, -0.15) is 0 Å². The third-order valence-corrected chi connectivity index (χ3v) is 3.47. The van der Waals surface area contributed by atoms with Crippen LogP contribution in [0.4, 0.5) is 0 Å². The first-order chi connectivity index (χ1) is 9.88. The normalized spacial score (nSPS) is 18.3. The molecule has 0 radical (unpaired) electrons. The fourth-order valence-electron chi connectivity index (χ4n) is 2.18. The summed E-state index contributed by atoms with van der Waals surface area (Å²) in [4.78, 5) is 12.4. The Labute approximate surface area is 134 Å². The van der Waals surface area contributed by atoms with Gasteiger partial charge >= 0.3 is 5.97 Å². The Hall–Kier alpha value is -1.59. The van der Waals surface area contributed by atoms with E-state index < -0.39 is 0 Å². The van der Waals surface area contributed by atoms with E-state index in [1.54, 1.807) is 6.07 Å². The summed E-state index contributed by atoms with van der Waals surface area (Å²) in [6, 6.07) is 6.96. The van der Waals surface area contributed by atoms with E-state index in [1.165, 1.54) is 0 Å². The lowest BCUT2D eigenvalue weighted by Crippen LogP contribution is -2.45. The number of carbonyl (C=O) groups excluding carboxylic acids is 1. The molecule has 0 unspecified atom stereocenters. The Balaban J connectivity index is 2.43. The van der Waals surface area contributed by atoms with Gasteiger partial charge in [0.15, 0.2) is 5.11 Å². The molecule has 2 N–H and O–H groups in total. The second kappa shape index (κ2) is 6.45. The average Bonchev–Trinajstić information content (AvgIpc) is 2.36. The minimum atomic E-state index is -0.372. The lowest BCUT2D eigenvalue weighted by Gasteiger charge is -2.30. The number of carbonyl (C=O) groups is 1. The molecule has 0 aliphatic carbocycles. The number of esters is 1. The fourth-order valence-corrected chi connectivity index (χ4v) is 2.65.